The Labute approximate surface area is 101 Å². The first-order valence-electron chi connectivity index (χ1n) is 5.44. The van der Waals surface area contributed by atoms with Crippen LogP contribution in [0.3, 0.4) is 0 Å². The van der Waals surface area contributed by atoms with Gasteiger partial charge in [0.1, 0.15) is 0 Å². The zero-order chi connectivity index (χ0) is 13.3. The average Bonchev–Trinajstić information content (AvgIpc) is 2.30. The van der Waals surface area contributed by atoms with E-state index in [9.17, 15) is 14.4 Å². The molecule has 6 heteroatoms. The minimum absolute atomic E-state index is 0.0258. The number of hydrogen-bond donors (Lipinski definition) is 1. The highest BCUT2D eigenvalue weighted by molar-refractivity contribution is 5.86. The molecule has 0 aromatic heterocycles. The quantitative estimate of drug-likeness (QED) is 0.674. The van der Waals surface area contributed by atoms with Gasteiger partial charge in [0, 0.05) is 6.42 Å². The molecule has 0 radical (unpaired) electrons. The van der Waals surface area contributed by atoms with Gasteiger partial charge >= 0.3 is 12.1 Å². The van der Waals surface area contributed by atoms with Crippen molar-refractivity contribution in [1.82, 2.24) is 5.32 Å². The fourth-order valence-corrected chi connectivity index (χ4v) is 0.896. The Bertz CT molecular complexity index is 275. The summed E-state index contributed by atoms with van der Waals surface area (Å²) in [5.41, 5.74) is 0. The lowest BCUT2D eigenvalue weighted by atomic mass is 10.2. The van der Waals surface area contributed by atoms with Gasteiger partial charge in [0.05, 0.1) is 26.7 Å². The molecule has 0 aliphatic rings. The number of hydrogen-bond acceptors (Lipinski definition) is 5. The van der Waals surface area contributed by atoms with Gasteiger partial charge in [-0.2, -0.15) is 0 Å². The Kier molecular flexibility index (Phi) is 7.75. The summed E-state index contributed by atoms with van der Waals surface area (Å²) < 4.78 is 9.19. The number of carbonyl (C=O) groups excluding carboxylic acids is 3. The number of alkyl carbamates (subject to hydrolysis) is 1. The molecule has 0 atom stereocenters. The second kappa shape index (κ2) is 8.55. The first-order valence-corrected chi connectivity index (χ1v) is 5.44. The van der Waals surface area contributed by atoms with Crippen LogP contribution < -0.4 is 5.32 Å². The molecule has 0 aliphatic heterocycles. The number of nitrogens with one attached hydrogen (secondary N) is 1. The van der Waals surface area contributed by atoms with Crippen LogP contribution in [-0.4, -0.2) is 38.1 Å². The summed E-state index contributed by atoms with van der Waals surface area (Å²) in [6.07, 6.45) is -0.542. The molecule has 0 aliphatic carbocycles. The molecule has 0 aromatic carbocycles. The van der Waals surface area contributed by atoms with E-state index >= 15 is 0 Å². The molecule has 0 spiro atoms. The van der Waals surface area contributed by atoms with E-state index in [1.165, 1.54) is 7.11 Å². The average molecular weight is 245 g/mol. The van der Waals surface area contributed by atoms with Crippen LogP contribution in [0.25, 0.3) is 0 Å². The van der Waals surface area contributed by atoms with Crippen molar-refractivity contribution < 1.29 is 23.9 Å². The molecule has 0 saturated carbocycles. The van der Waals surface area contributed by atoms with Gasteiger partial charge in [-0.3, -0.25) is 9.59 Å². The molecule has 6 nitrogen and oxygen atoms in total. The van der Waals surface area contributed by atoms with Crippen LogP contribution in [0, 0.1) is 5.92 Å². The van der Waals surface area contributed by atoms with Crippen molar-refractivity contribution in [2.24, 2.45) is 5.92 Å². The Hall–Kier alpha value is -1.59. The summed E-state index contributed by atoms with van der Waals surface area (Å²) >= 11 is 0. The molecule has 1 amide bonds. The number of carbonyl (C=O) groups is 3. The third-order valence-corrected chi connectivity index (χ3v) is 1.81. The molecule has 0 aromatic rings. The molecular weight excluding hydrogens is 226 g/mol. The van der Waals surface area contributed by atoms with Crippen molar-refractivity contribution in [3.05, 3.63) is 0 Å². The van der Waals surface area contributed by atoms with Gasteiger partial charge in [-0.1, -0.05) is 13.8 Å². The lowest BCUT2D eigenvalue weighted by molar-refractivity contribution is -0.141. The summed E-state index contributed by atoms with van der Waals surface area (Å²) in [7, 11) is 1.26. The van der Waals surface area contributed by atoms with Crippen LogP contribution in [0.4, 0.5) is 4.79 Å². The molecule has 17 heavy (non-hydrogen) atoms. The van der Waals surface area contributed by atoms with Crippen molar-refractivity contribution in [3.8, 4) is 0 Å². The van der Waals surface area contributed by atoms with Gasteiger partial charge in [0.25, 0.3) is 0 Å². The van der Waals surface area contributed by atoms with E-state index in [2.05, 4.69) is 10.1 Å². The molecule has 0 rings (SSSR count). The van der Waals surface area contributed by atoms with Crippen molar-refractivity contribution in [3.63, 3.8) is 0 Å². The van der Waals surface area contributed by atoms with E-state index in [1.807, 2.05) is 13.8 Å². The second-order valence-electron chi connectivity index (χ2n) is 3.96. The zero-order valence-electron chi connectivity index (χ0n) is 10.4. The number of esters is 1. The van der Waals surface area contributed by atoms with Crippen LogP contribution >= 0.6 is 0 Å². The van der Waals surface area contributed by atoms with Crippen LogP contribution in [0.5, 0.6) is 0 Å². The molecule has 1 N–H and O–H groups in total. The van der Waals surface area contributed by atoms with Crippen molar-refractivity contribution in [1.29, 1.82) is 0 Å². The lowest BCUT2D eigenvalue weighted by Crippen LogP contribution is -2.31. The van der Waals surface area contributed by atoms with Crippen LogP contribution in [-0.2, 0) is 19.1 Å². The van der Waals surface area contributed by atoms with Gasteiger partial charge in [0.15, 0.2) is 5.78 Å². The van der Waals surface area contributed by atoms with Gasteiger partial charge in [-0.05, 0) is 5.92 Å². The molecule has 0 heterocycles. The summed E-state index contributed by atoms with van der Waals surface area (Å²) in [6, 6.07) is 0. The standard InChI is InChI=1S/C11H19NO5/c1-8(2)7-17-11(15)12-6-9(13)4-5-10(14)16-3/h8H,4-7H2,1-3H3,(H,12,15). The van der Waals surface area contributed by atoms with E-state index in [1.54, 1.807) is 0 Å². The number of ketones is 1. The van der Waals surface area contributed by atoms with E-state index in [-0.39, 0.29) is 31.1 Å². The summed E-state index contributed by atoms with van der Waals surface area (Å²) in [5.74, 6) is -0.437. The van der Waals surface area contributed by atoms with E-state index in [4.69, 9.17) is 4.74 Å². The Balaban J connectivity index is 3.62. The normalized spacial score (nSPS) is 9.88. The van der Waals surface area contributed by atoms with Gasteiger partial charge in [-0.25, -0.2) is 4.79 Å². The maximum atomic E-state index is 11.2. The van der Waals surface area contributed by atoms with Gasteiger partial charge in [0.2, 0.25) is 0 Å². The summed E-state index contributed by atoms with van der Waals surface area (Å²) in [4.78, 5) is 33.0. The molecular formula is C11H19NO5. The number of amides is 1. The Morgan fingerprint density at radius 2 is 1.82 bits per heavy atom. The lowest BCUT2D eigenvalue weighted by Gasteiger charge is -2.08. The molecule has 0 fully saturated rings. The SMILES string of the molecule is COC(=O)CCC(=O)CNC(=O)OCC(C)C. The predicted molar refractivity (Wildman–Crippen MR) is 60.4 cm³/mol. The van der Waals surface area contributed by atoms with Crippen molar-refractivity contribution >= 4 is 17.8 Å². The minimum Gasteiger partial charge on any atom is -0.469 e. The van der Waals surface area contributed by atoms with E-state index < -0.39 is 12.1 Å². The Morgan fingerprint density at radius 3 is 2.35 bits per heavy atom. The van der Waals surface area contributed by atoms with Crippen molar-refractivity contribution in [2.45, 2.75) is 26.7 Å². The van der Waals surface area contributed by atoms with Crippen LogP contribution in [0.2, 0.25) is 0 Å². The van der Waals surface area contributed by atoms with Gasteiger partial charge in [-0.15, -0.1) is 0 Å². The molecule has 98 valence electrons. The number of ether oxygens (including phenoxy) is 2. The highest BCUT2D eigenvalue weighted by atomic mass is 16.5. The van der Waals surface area contributed by atoms with E-state index in [0.29, 0.717) is 6.61 Å². The molecule has 0 unspecified atom stereocenters. The molecule has 0 bridgehead atoms. The highest BCUT2D eigenvalue weighted by Gasteiger charge is 2.09. The second-order valence-corrected chi connectivity index (χ2v) is 3.96. The van der Waals surface area contributed by atoms with Crippen molar-refractivity contribution in [2.75, 3.05) is 20.3 Å². The maximum Gasteiger partial charge on any atom is 0.407 e. The Morgan fingerprint density at radius 1 is 1.18 bits per heavy atom. The first-order chi connectivity index (χ1) is 7.95. The monoisotopic (exact) mass is 245 g/mol. The largest absolute Gasteiger partial charge is 0.469 e. The summed E-state index contributed by atoms with van der Waals surface area (Å²) in [6.45, 7) is 4.00. The van der Waals surface area contributed by atoms with E-state index in [0.717, 1.165) is 0 Å². The third-order valence-electron chi connectivity index (χ3n) is 1.81. The highest BCUT2D eigenvalue weighted by Crippen LogP contribution is 1.94. The minimum atomic E-state index is -0.620. The predicted octanol–water partition coefficient (Wildman–Crippen LogP) is 0.891. The zero-order valence-corrected chi connectivity index (χ0v) is 10.4. The smallest absolute Gasteiger partial charge is 0.407 e. The fraction of sp³-hybridized carbons (Fsp3) is 0.727. The maximum absolute atomic E-state index is 11.2. The number of rotatable bonds is 7. The van der Waals surface area contributed by atoms with Crippen LogP contribution in [0.15, 0.2) is 0 Å². The topological polar surface area (TPSA) is 81.7 Å². The molecule has 0 saturated heterocycles. The fourth-order valence-electron chi connectivity index (χ4n) is 0.896. The third kappa shape index (κ3) is 9.35. The van der Waals surface area contributed by atoms with Gasteiger partial charge < -0.3 is 14.8 Å². The van der Waals surface area contributed by atoms with Crippen LogP contribution in [0.1, 0.15) is 26.7 Å². The number of methoxy groups -OCH3 is 1. The summed E-state index contributed by atoms with van der Waals surface area (Å²) in [5, 5.41) is 2.32. The first kappa shape index (κ1) is 15.4. The number of Topliss-reactive ketones (excluding diaryl/α,β-unsaturated/α-hetero) is 1.